The fourth-order valence-corrected chi connectivity index (χ4v) is 3.90. The van der Waals surface area contributed by atoms with Gasteiger partial charge in [0.1, 0.15) is 11.6 Å². The van der Waals surface area contributed by atoms with Crippen LogP contribution in [-0.2, 0) is 13.0 Å². The molecule has 1 aliphatic heterocycles. The number of aliphatic hydroxyl groups excluding tert-OH is 2. The number of halogens is 1. The predicted molar refractivity (Wildman–Crippen MR) is 103 cm³/mol. The average Bonchev–Trinajstić information content (AvgIpc) is 2.72. The van der Waals surface area contributed by atoms with Crippen molar-refractivity contribution < 1.29 is 19.3 Å². The molecule has 0 aromatic heterocycles. The molecule has 1 aliphatic rings. The van der Waals surface area contributed by atoms with E-state index in [0.29, 0.717) is 11.3 Å². The van der Waals surface area contributed by atoms with E-state index >= 15 is 0 Å². The molecule has 0 spiro atoms. The monoisotopic (exact) mass is 373 g/mol. The molecular formula is C22H28FNO3. The van der Waals surface area contributed by atoms with E-state index in [1.54, 1.807) is 7.11 Å². The molecule has 146 valence electrons. The molecule has 1 saturated heterocycles. The SMILES string of the molecule is COc1c(CO)cccc1[C@H](O)C1CCN(CCc2ccc(F)cc2)CC1. The number of nitrogens with zero attached hydrogens (tertiary/aromatic N) is 1. The first-order valence-electron chi connectivity index (χ1n) is 9.54. The number of methoxy groups -OCH3 is 1. The summed E-state index contributed by atoms with van der Waals surface area (Å²) in [7, 11) is 1.57. The maximum Gasteiger partial charge on any atom is 0.130 e. The largest absolute Gasteiger partial charge is 0.496 e. The first-order valence-corrected chi connectivity index (χ1v) is 9.54. The molecule has 1 heterocycles. The number of likely N-dealkylation sites (tertiary alicyclic amines) is 1. The Morgan fingerprint density at radius 1 is 1.15 bits per heavy atom. The highest BCUT2D eigenvalue weighted by molar-refractivity contribution is 5.42. The van der Waals surface area contributed by atoms with Crippen LogP contribution in [0.3, 0.4) is 0 Å². The number of ether oxygens (including phenoxy) is 1. The first kappa shape index (κ1) is 19.8. The molecule has 5 heteroatoms. The summed E-state index contributed by atoms with van der Waals surface area (Å²) in [5.74, 6) is 0.565. The number of para-hydroxylation sites is 1. The summed E-state index contributed by atoms with van der Waals surface area (Å²) in [4.78, 5) is 2.40. The molecule has 4 nitrogen and oxygen atoms in total. The number of benzene rings is 2. The van der Waals surface area contributed by atoms with Crippen LogP contribution in [-0.4, -0.2) is 41.9 Å². The summed E-state index contributed by atoms with van der Waals surface area (Å²) in [5.41, 5.74) is 2.60. The molecule has 0 bridgehead atoms. The first-order chi connectivity index (χ1) is 13.1. The van der Waals surface area contributed by atoms with Crippen molar-refractivity contribution in [3.63, 3.8) is 0 Å². The minimum absolute atomic E-state index is 0.106. The zero-order valence-electron chi connectivity index (χ0n) is 15.8. The molecule has 2 aromatic rings. The summed E-state index contributed by atoms with van der Waals surface area (Å²) in [6.07, 6.45) is 2.14. The van der Waals surface area contributed by atoms with Crippen molar-refractivity contribution in [1.82, 2.24) is 4.90 Å². The number of hydrogen-bond acceptors (Lipinski definition) is 4. The van der Waals surface area contributed by atoms with Gasteiger partial charge in [-0.15, -0.1) is 0 Å². The third-order valence-corrected chi connectivity index (χ3v) is 5.53. The maximum absolute atomic E-state index is 13.0. The van der Waals surface area contributed by atoms with Crippen LogP contribution < -0.4 is 4.74 Å². The van der Waals surface area contributed by atoms with E-state index in [4.69, 9.17) is 4.74 Å². The highest BCUT2D eigenvalue weighted by Gasteiger charge is 2.28. The number of hydrogen-bond donors (Lipinski definition) is 2. The highest BCUT2D eigenvalue weighted by atomic mass is 19.1. The summed E-state index contributed by atoms with van der Waals surface area (Å²) >= 11 is 0. The van der Waals surface area contributed by atoms with Gasteiger partial charge in [-0.2, -0.15) is 0 Å². The van der Waals surface area contributed by atoms with Crippen LogP contribution in [0.5, 0.6) is 5.75 Å². The van der Waals surface area contributed by atoms with E-state index in [0.717, 1.165) is 50.0 Å². The lowest BCUT2D eigenvalue weighted by Gasteiger charge is -2.34. The Balaban J connectivity index is 1.55. The zero-order chi connectivity index (χ0) is 19.2. The lowest BCUT2D eigenvalue weighted by Crippen LogP contribution is -2.37. The van der Waals surface area contributed by atoms with E-state index in [-0.39, 0.29) is 18.3 Å². The number of aliphatic hydroxyl groups is 2. The lowest BCUT2D eigenvalue weighted by atomic mass is 9.86. The van der Waals surface area contributed by atoms with E-state index < -0.39 is 6.10 Å². The van der Waals surface area contributed by atoms with Crippen LogP contribution in [0.25, 0.3) is 0 Å². The van der Waals surface area contributed by atoms with Crippen LogP contribution in [0.15, 0.2) is 42.5 Å². The van der Waals surface area contributed by atoms with Crippen molar-refractivity contribution in [3.05, 3.63) is 65.0 Å². The molecule has 0 aliphatic carbocycles. The van der Waals surface area contributed by atoms with Gasteiger partial charge in [-0.1, -0.05) is 30.3 Å². The molecule has 0 amide bonds. The minimum atomic E-state index is -0.592. The van der Waals surface area contributed by atoms with Crippen molar-refractivity contribution in [2.75, 3.05) is 26.7 Å². The van der Waals surface area contributed by atoms with Gasteiger partial charge < -0.3 is 19.8 Å². The molecular weight excluding hydrogens is 345 g/mol. The third kappa shape index (κ3) is 4.86. The second-order valence-electron chi connectivity index (χ2n) is 7.20. The van der Waals surface area contributed by atoms with Gasteiger partial charge in [0.05, 0.1) is 19.8 Å². The van der Waals surface area contributed by atoms with Crippen molar-refractivity contribution >= 4 is 0 Å². The van der Waals surface area contributed by atoms with Gasteiger partial charge in [0.25, 0.3) is 0 Å². The van der Waals surface area contributed by atoms with Gasteiger partial charge in [-0.3, -0.25) is 0 Å². The van der Waals surface area contributed by atoms with E-state index in [1.165, 1.54) is 12.1 Å². The Bertz CT molecular complexity index is 727. The molecule has 0 radical (unpaired) electrons. The number of rotatable bonds is 7. The predicted octanol–water partition coefficient (Wildman–Crippen LogP) is 3.31. The standard InChI is InChI=1S/C22H28FNO3/c1-27-22-18(15-25)3-2-4-20(22)21(26)17-10-13-24(14-11-17)12-9-16-5-7-19(23)8-6-16/h2-8,17,21,25-26H,9-15H2,1H3/t21-/m1/s1. The molecule has 3 rings (SSSR count). The third-order valence-electron chi connectivity index (χ3n) is 5.53. The summed E-state index contributed by atoms with van der Waals surface area (Å²) < 4.78 is 18.4. The molecule has 27 heavy (non-hydrogen) atoms. The van der Waals surface area contributed by atoms with Crippen LogP contribution in [0, 0.1) is 11.7 Å². The van der Waals surface area contributed by atoms with Crippen molar-refractivity contribution in [2.45, 2.75) is 32.0 Å². The molecule has 2 N–H and O–H groups in total. The number of piperidine rings is 1. The van der Waals surface area contributed by atoms with Crippen molar-refractivity contribution in [1.29, 1.82) is 0 Å². The molecule has 2 aromatic carbocycles. The highest BCUT2D eigenvalue weighted by Crippen LogP contribution is 2.37. The Kier molecular flexibility index (Phi) is 6.83. The summed E-state index contributed by atoms with van der Waals surface area (Å²) in [6.45, 7) is 2.71. The zero-order valence-corrected chi connectivity index (χ0v) is 15.8. The summed E-state index contributed by atoms with van der Waals surface area (Å²) in [5, 5.41) is 20.4. The Hall–Kier alpha value is -1.95. The van der Waals surface area contributed by atoms with E-state index in [2.05, 4.69) is 4.90 Å². The Labute approximate surface area is 160 Å². The average molecular weight is 373 g/mol. The van der Waals surface area contributed by atoms with Crippen LogP contribution >= 0.6 is 0 Å². The topological polar surface area (TPSA) is 52.9 Å². The van der Waals surface area contributed by atoms with Gasteiger partial charge in [0.2, 0.25) is 0 Å². The van der Waals surface area contributed by atoms with Crippen LogP contribution in [0.2, 0.25) is 0 Å². The van der Waals surface area contributed by atoms with E-state index in [1.807, 2.05) is 30.3 Å². The summed E-state index contributed by atoms with van der Waals surface area (Å²) in [6, 6.07) is 12.2. The Morgan fingerprint density at radius 3 is 2.48 bits per heavy atom. The van der Waals surface area contributed by atoms with E-state index in [9.17, 15) is 14.6 Å². The van der Waals surface area contributed by atoms with Gasteiger partial charge >= 0.3 is 0 Å². The second-order valence-corrected chi connectivity index (χ2v) is 7.20. The Morgan fingerprint density at radius 2 is 1.85 bits per heavy atom. The quantitative estimate of drug-likeness (QED) is 0.782. The maximum atomic E-state index is 13.0. The van der Waals surface area contributed by atoms with Gasteiger partial charge in [-0.25, -0.2) is 4.39 Å². The van der Waals surface area contributed by atoms with Gasteiger partial charge in [0, 0.05) is 17.7 Å². The fourth-order valence-electron chi connectivity index (χ4n) is 3.90. The van der Waals surface area contributed by atoms with Crippen molar-refractivity contribution in [3.8, 4) is 5.75 Å². The second kappa shape index (κ2) is 9.31. The normalized spacial score (nSPS) is 17.0. The van der Waals surface area contributed by atoms with Crippen molar-refractivity contribution in [2.24, 2.45) is 5.92 Å². The van der Waals surface area contributed by atoms with Crippen LogP contribution in [0.1, 0.15) is 35.6 Å². The molecule has 1 atom stereocenters. The molecule has 0 unspecified atom stereocenters. The van der Waals surface area contributed by atoms with Crippen LogP contribution in [0.4, 0.5) is 4.39 Å². The molecule has 0 saturated carbocycles. The smallest absolute Gasteiger partial charge is 0.130 e. The van der Waals surface area contributed by atoms with Gasteiger partial charge in [0.15, 0.2) is 0 Å². The molecule has 1 fully saturated rings. The fraction of sp³-hybridized carbons (Fsp3) is 0.455. The lowest BCUT2D eigenvalue weighted by molar-refractivity contribution is 0.0573. The minimum Gasteiger partial charge on any atom is -0.496 e. The van der Waals surface area contributed by atoms with Gasteiger partial charge in [-0.05, 0) is 56.0 Å².